The van der Waals surface area contributed by atoms with Crippen molar-refractivity contribution >= 4 is 16.9 Å². The number of methoxy groups -OCH3 is 2. The molecule has 0 spiro atoms. The molecular weight excluding hydrogens is 346 g/mol. The summed E-state index contributed by atoms with van der Waals surface area (Å²) in [5, 5.41) is 2.94. The molecule has 1 amide bonds. The summed E-state index contributed by atoms with van der Waals surface area (Å²) in [6.45, 7) is 2.38. The number of hydrogen-bond acceptors (Lipinski definition) is 5. The van der Waals surface area contributed by atoms with E-state index in [4.69, 9.17) is 14.2 Å². The first kappa shape index (κ1) is 17.4. The van der Waals surface area contributed by atoms with Crippen molar-refractivity contribution in [2.24, 2.45) is 0 Å². The Balaban J connectivity index is 1.50. The van der Waals surface area contributed by atoms with Crippen LogP contribution in [0, 0.1) is 0 Å². The van der Waals surface area contributed by atoms with Gasteiger partial charge in [-0.05, 0) is 35.9 Å². The van der Waals surface area contributed by atoms with Crippen LogP contribution in [0.4, 0.5) is 0 Å². The van der Waals surface area contributed by atoms with Crippen LogP contribution in [0.5, 0.6) is 11.5 Å². The van der Waals surface area contributed by atoms with Gasteiger partial charge in [0.1, 0.15) is 12.4 Å². The average Bonchev–Trinajstić information content (AvgIpc) is 3.09. The number of benzene rings is 2. The lowest BCUT2D eigenvalue weighted by molar-refractivity contribution is 0.0830. The molecule has 2 heterocycles. The number of carbonyl (C=O) groups excluding carboxylic acids is 1. The number of amides is 1. The molecule has 2 aromatic carbocycles. The van der Waals surface area contributed by atoms with Gasteiger partial charge in [-0.3, -0.25) is 4.79 Å². The normalized spacial score (nSPS) is 13.3. The van der Waals surface area contributed by atoms with Crippen molar-refractivity contribution in [1.29, 1.82) is 0 Å². The van der Waals surface area contributed by atoms with Gasteiger partial charge < -0.3 is 24.1 Å². The molecule has 0 atom stereocenters. The van der Waals surface area contributed by atoms with E-state index in [0.29, 0.717) is 36.8 Å². The number of nitrogens with one attached hydrogen (secondary N) is 1. The van der Waals surface area contributed by atoms with Gasteiger partial charge in [-0.2, -0.15) is 0 Å². The number of carbonyl (C=O) groups is 1. The number of imidazole rings is 1. The maximum Gasteiger partial charge on any atom is 0.251 e. The Labute approximate surface area is 156 Å². The van der Waals surface area contributed by atoms with Crippen molar-refractivity contribution in [2.45, 2.75) is 19.7 Å². The van der Waals surface area contributed by atoms with Gasteiger partial charge in [0.2, 0.25) is 0 Å². The summed E-state index contributed by atoms with van der Waals surface area (Å²) in [4.78, 5) is 17.1. The summed E-state index contributed by atoms with van der Waals surface area (Å²) >= 11 is 0. The van der Waals surface area contributed by atoms with E-state index in [1.807, 2.05) is 36.4 Å². The summed E-state index contributed by atoms with van der Waals surface area (Å²) in [5.74, 6) is 2.05. The van der Waals surface area contributed by atoms with Crippen molar-refractivity contribution in [3.05, 3.63) is 53.3 Å². The third kappa shape index (κ3) is 3.33. The monoisotopic (exact) mass is 367 g/mol. The van der Waals surface area contributed by atoms with Gasteiger partial charge in [0.05, 0.1) is 31.9 Å². The molecule has 7 heteroatoms. The molecule has 7 nitrogen and oxygen atoms in total. The third-order valence-electron chi connectivity index (χ3n) is 4.68. The second-order valence-electron chi connectivity index (χ2n) is 6.31. The highest BCUT2D eigenvalue weighted by Crippen LogP contribution is 2.27. The predicted octanol–water partition coefficient (Wildman–Crippen LogP) is 2.51. The van der Waals surface area contributed by atoms with Crippen molar-refractivity contribution in [3.8, 4) is 11.5 Å². The second kappa shape index (κ2) is 7.28. The first-order valence-corrected chi connectivity index (χ1v) is 8.75. The van der Waals surface area contributed by atoms with E-state index in [1.165, 1.54) is 0 Å². The molecule has 0 aliphatic carbocycles. The molecule has 27 heavy (non-hydrogen) atoms. The Kier molecular flexibility index (Phi) is 4.68. The summed E-state index contributed by atoms with van der Waals surface area (Å²) in [5.41, 5.74) is 3.36. The quantitative estimate of drug-likeness (QED) is 0.750. The molecule has 3 aromatic rings. The van der Waals surface area contributed by atoms with Gasteiger partial charge in [-0.1, -0.05) is 6.07 Å². The van der Waals surface area contributed by atoms with Crippen LogP contribution in [0.1, 0.15) is 21.7 Å². The van der Waals surface area contributed by atoms with E-state index in [1.54, 1.807) is 14.2 Å². The molecule has 0 fully saturated rings. The maximum absolute atomic E-state index is 12.6. The van der Waals surface area contributed by atoms with Crippen LogP contribution in [0.3, 0.4) is 0 Å². The Morgan fingerprint density at radius 3 is 2.85 bits per heavy atom. The summed E-state index contributed by atoms with van der Waals surface area (Å²) in [7, 11) is 3.18. The molecule has 0 bridgehead atoms. The number of fused-ring (bicyclic) bond motifs is 3. The maximum atomic E-state index is 12.6. The molecular formula is C20H21N3O4. The minimum atomic E-state index is -0.145. The highest BCUT2D eigenvalue weighted by atomic mass is 16.5. The minimum absolute atomic E-state index is 0.145. The zero-order valence-electron chi connectivity index (χ0n) is 15.3. The van der Waals surface area contributed by atoms with Crippen LogP contribution in [0.15, 0.2) is 36.4 Å². The molecule has 0 saturated carbocycles. The largest absolute Gasteiger partial charge is 0.493 e. The van der Waals surface area contributed by atoms with E-state index >= 15 is 0 Å². The lowest BCUT2D eigenvalue weighted by atomic mass is 10.1. The van der Waals surface area contributed by atoms with Crippen LogP contribution >= 0.6 is 0 Å². The first-order chi connectivity index (χ1) is 13.2. The Morgan fingerprint density at radius 1 is 1.19 bits per heavy atom. The van der Waals surface area contributed by atoms with Crippen molar-refractivity contribution in [1.82, 2.24) is 14.9 Å². The summed E-state index contributed by atoms with van der Waals surface area (Å²) in [6, 6.07) is 11.2. The van der Waals surface area contributed by atoms with Gasteiger partial charge in [0.15, 0.2) is 11.5 Å². The zero-order chi connectivity index (χ0) is 18.8. The SMILES string of the molecule is COc1ccc(CNC(=O)c2ccc3c(c2)nc2n3CCOC2)cc1OC. The Morgan fingerprint density at radius 2 is 2.04 bits per heavy atom. The van der Waals surface area contributed by atoms with Crippen molar-refractivity contribution < 1.29 is 19.0 Å². The van der Waals surface area contributed by atoms with E-state index in [-0.39, 0.29) is 5.91 Å². The molecule has 0 radical (unpaired) electrons. The van der Waals surface area contributed by atoms with Crippen molar-refractivity contribution in [2.75, 3.05) is 20.8 Å². The average molecular weight is 367 g/mol. The molecule has 1 aliphatic heterocycles. The highest BCUT2D eigenvalue weighted by molar-refractivity contribution is 5.97. The number of aromatic nitrogens is 2. The van der Waals surface area contributed by atoms with Gasteiger partial charge in [-0.15, -0.1) is 0 Å². The summed E-state index contributed by atoms with van der Waals surface area (Å²) in [6.07, 6.45) is 0. The van der Waals surface area contributed by atoms with Crippen LogP contribution in [-0.4, -0.2) is 36.3 Å². The van der Waals surface area contributed by atoms with Crippen LogP contribution in [0.2, 0.25) is 0 Å². The second-order valence-corrected chi connectivity index (χ2v) is 6.31. The lowest BCUT2D eigenvalue weighted by Gasteiger charge is -2.14. The molecule has 1 aliphatic rings. The number of hydrogen-bond donors (Lipinski definition) is 1. The summed E-state index contributed by atoms with van der Waals surface area (Å²) < 4.78 is 18.1. The first-order valence-electron chi connectivity index (χ1n) is 8.75. The number of rotatable bonds is 5. The molecule has 4 rings (SSSR count). The van der Waals surface area contributed by atoms with Gasteiger partial charge >= 0.3 is 0 Å². The third-order valence-corrected chi connectivity index (χ3v) is 4.68. The molecule has 140 valence electrons. The predicted molar refractivity (Wildman–Crippen MR) is 100 cm³/mol. The van der Waals surface area contributed by atoms with Crippen LogP contribution in [-0.2, 0) is 24.4 Å². The molecule has 0 saturated heterocycles. The smallest absolute Gasteiger partial charge is 0.251 e. The zero-order valence-corrected chi connectivity index (χ0v) is 15.3. The van der Waals surface area contributed by atoms with E-state index in [9.17, 15) is 4.79 Å². The van der Waals surface area contributed by atoms with Crippen LogP contribution in [0.25, 0.3) is 11.0 Å². The molecule has 1 aromatic heterocycles. The molecule has 0 unspecified atom stereocenters. The van der Waals surface area contributed by atoms with E-state index < -0.39 is 0 Å². The Bertz CT molecular complexity index is 996. The standard InChI is InChI=1S/C20H21N3O4/c1-25-17-6-3-13(9-18(17)26-2)11-21-20(24)14-4-5-16-15(10-14)22-19-12-27-8-7-23(16)19/h3-6,9-10H,7-8,11-12H2,1-2H3,(H,21,24). The Hall–Kier alpha value is -3.06. The lowest BCUT2D eigenvalue weighted by Crippen LogP contribution is -2.22. The van der Waals surface area contributed by atoms with Gasteiger partial charge in [0.25, 0.3) is 5.91 Å². The minimum Gasteiger partial charge on any atom is -0.493 e. The van der Waals surface area contributed by atoms with Gasteiger partial charge in [0, 0.05) is 18.7 Å². The van der Waals surface area contributed by atoms with Gasteiger partial charge in [-0.25, -0.2) is 4.98 Å². The van der Waals surface area contributed by atoms with E-state index in [0.717, 1.165) is 29.0 Å². The van der Waals surface area contributed by atoms with Crippen LogP contribution < -0.4 is 14.8 Å². The molecule has 1 N–H and O–H groups in total. The highest BCUT2D eigenvalue weighted by Gasteiger charge is 2.16. The van der Waals surface area contributed by atoms with E-state index in [2.05, 4.69) is 14.9 Å². The van der Waals surface area contributed by atoms with Crippen molar-refractivity contribution in [3.63, 3.8) is 0 Å². The fourth-order valence-corrected chi connectivity index (χ4v) is 3.27. The number of nitrogens with zero attached hydrogens (tertiary/aromatic N) is 2. The number of ether oxygens (including phenoxy) is 3. The topological polar surface area (TPSA) is 74.6 Å². The fourth-order valence-electron chi connectivity index (χ4n) is 3.27. The fraction of sp³-hybridized carbons (Fsp3) is 0.300.